The lowest BCUT2D eigenvalue weighted by atomic mass is 9.90. The fourth-order valence-electron chi connectivity index (χ4n) is 3.69. The van der Waals surface area contributed by atoms with E-state index < -0.39 is 11.7 Å². The molecule has 0 radical (unpaired) electrons. The fourth-order valence-corrected chi connectivity index (χ4v) is 4.84. The Labute approximate surface area is 191 Å². The van der Waals surface area contributed by atoms with Gasteiger partial charge < -0.3 is 15.4 Å². The van der Waals surface area contributed by atoms with Crippen molar-refractivity contribution in [3.63, 3.8) is 0 Å². The summed E-state index contributed by atoms with van der Waals surface area (Å²) in [6.45, 7) is 6.45. The largest absolute Gasteiger partial charge is 0.485 e. The Morgan fingerprint density at radius 1 is 1.23 bits per heavy atom. The van der Waals surface area contributed by atoms with E-state index in [2.05, 4.69) is 6.92 Å². The van der Waals surface area contributed by atoms with Gasteiger partial charge in [0, 0.05) is 23.8 Å². The van der Waals surface area contributed by atoms with E-state index in [0.717, 1.165) is 31.8 Å². The number of anilines is 1. The van der Waals surface area contributed by atoms with Crippen LogP contribution in [0.1, 0.15) is 65.7 Å². The second-order valence-corrected chi connectivity index (χ2v) is 9.81. The predicted octanol–water partition coefficient (Wildman–Crippen LogP) is 5.78. The van der Waals surface area contributed by atoms with Crippen LogP contribution in [0.25, 0.3) is 0 Å². The number of benzene rings is 1. The maximum absolute atomic E-state index is 15.0. The van der Waals surface area contributed by atoms with Crippen molar-refractivity contribution in [1.29, 1.82) is 0 Å². The molecule has 2 N–H and O–H groups in total. The average Bonchev–Trinajstić information content (AvgIpc) is 2.75. The average molecular weight is 471 g/mol. The number of carbonyl (C=O) groups excluding carboxylic acids is 2. The Morgan fingerprint density at radius 2 is 1.90 bits per heavy atom. The molecular weight excluding hydrogens is 438 g/mol. The van der Waals surface area contributed by atoms with E-state index in [0.29, 0.717) is 51.3 Å². The number of ether oxygens (including phenoxy) is 1. The van der Waals surface area contributed by atoms with Crippen LogP contribution in [0.15, 0.2) is 23.3 Å². The van der Waals surface area contributed by atoms with Crippen molar-refractivity contribution in [2.45, 2.75) is 71.6 Å². The first kappa shape index (κ1) is 25.6. The molecule has 1 aliphatic carbocycles. The highest BCUT2D eigenvalue weighted by atomic mass is 35.5. The second kappa shape index (κ2) is 12.4. The molecule has 2 atom stereocenters. The minimum Gasteiger partial charge on any atom is -0.485 e. The number of halogens is 2. The number of rotatable bonds is 11. The van der Waals surface area contributed by atoms with Crippen LogP contribution in [0.5, 0.6) is 5.75 Å². The Kier molecular flexibility index (Phi) is 10.2. The number of hydrogen-bond acceptors (Lipinski definition) is 3. The second-order valence-electron chi connectivity index (χ2n) is 7.65. The molecule has 2 unspecified atom stereocenters. The molecule has 0 heterocycles. The predicted molar refractivity (Wildman–Crippen MR) is 127 cm³/mol. The quantitative estimate of drug-likeness (QED) is 0.416. The van der Waals surface area contributed by atoms with Gasteiger partial charge in [0.1, 0.15) is 17.4 Å². The van der Waals surface area contributed by atoms with E-state index in [4.69, 9.17) is 22.1 Å². The molecule has 0 spiro atoms. The Balaban J connectivity index is 2.48. The van der Waals surface area contributed by atoms with Gasteiger partial charge in [-0.1, -0.05) is 47.4 Å². The third kappa shape index (κ3) is 6.66. The van der Waals surface area contributed by atoms with Gasteiger partial charge in [-0.25, -0.2) is 4.39 Å². The van der Waals surface area contributed by atoms with E-state index in [1.54, 1.807) is 0 Å². The normalized spacial score (nSPS) is 15.4. The van der Waals surface area contributed by atoms with Gasteiger partial charge in [-0.05, 0) is 50.8 Å². The number of hydrogen-bond donors (Lipinski definition) is 1. The molecule has 0 aromatic heterocycles. The van der Waals surface area contributed by atoms with Gasteiger partial charge in [-0.3, -0.25) is 9.59 Å². The fraction of sp³-hybridized carbons (Fsp3) is 0.565. The minimum absolute atomic E-state index is 0.0110. The van der Waals surface area contributed by atoms with Crippen molar-refractivity contribution in [3.05, 3.63) is 34.1 Å². The lowest BCUT2D eigenvalue weighted by molar-refractivity contribution is -0.117. The van der Waals surface area contributed by atoms with Crippen LogP contribution in [0.3, 0.4) is 0 Å². The van der Waals surface area contributed by atoms with E-state index in [1.165, 1.54) is 17.0 Å². The van der Waals surface area contributed by atoms with Crippen molar-refractivity contribution in [2.24, 2.45) is 5.73 Å². The van der Waals surface area contributed by atoms with Gasteiger partial charge in [0.2, 0.25) is 5.91 Å². The van der Waals surface area contributed by atoms with E-state index in [1.807, 2.05) is 13.8 Å². The standard InChI is InChI=1S/C23H33ClFN2O3P/c1-4-7-12-27(23(29)16-11-9-8-10-15(16)22(26)28)19-14-20(17(24)13-18(19)25)30-21(5-2)31-6-3/h13-14,21,31H,4-12H2,1-3H3,(H2,26,28). The molecule has 0 bridgehead atoms. The zero-order valence-corrected chi connectivity index (χ0v) is 20.4. The van der Waals surface area contributed by atoms with Crippen molar-refractivity contribution in [1.82, 2.24) is 0 Å². The van der Waals surface area contributed by atoms with Crippen molar-refractivity contribution < 1.29 is 18.7 Å². The van der Waals surface area contributed by atoms with Crippen LogP contribution in [0.2, 0.25) is 5.02 Å². The highest BCUT2D eigenvalue weighted by Gasteiger charge is 2.29. The summed E-state index contributed by atoms with van der Waals surface area (Å²) in [5.41, 5.74) is 6.40. The van der Waals surface area contributed by atoms with Gasteiger partial charge in [0.25, 0.3) is 5.91 Å². The lowest BCUT2D eigenvalue weighted by Crippen LogP contribution is -2.36. The van der Waals surface area contributed by atoms with Crippen LogP contribution in [-0.2, 0) is 9.59 Å². The first-order valence-electron chi connectivity index (χ1n) is 11.1. The summed E-state index contributed by atoms with van der Waals surface area (Å²) < 4.78 is 21.1. The number of carbonyl (C=O) groups is 2. The zero-order chi connectivity index (χ0) is 23.0. The SMILES string of the molecule is CCCCN(C(=O)C1=C(C(N)=O)CCCC1)c1cc(OC(CC)PCC)c(Cl)cc1F. The first-order valence-corrected chi connectivity index (χ1v) is 12.7. The molecule has 2 rings (SSSR count). The molecule has 1 aromatic carbocycles. The number of unbranched alkanes of at least 4 members (excludes halogenated alkanes) is 1. The van der Waals surface area contributed by atoms with E-state index in [9.17, 15) is 9.59 Å². The van der Waals surface area contributed by atoms with Crippen LogP contribution in [0, 0.1) is 5.82 Å². The maximum Gasteiger partial charge on any atom is 0.254 e. The van der Waals surface area contributed by atoms with Gasteiger partial charge in [0.05, 0.1) is 10.7 Å². The Bertz CT molecular complexity index is 831. The van der Waals surface area contributed by atoms with Crippen LogP contribution >= 0.6 is 20.2 Å². The minimum atomic E-state index is -0.593. The Morgan fingerprint density at radius 3 is 2.48 bits per heavy atom. The van der Waals surface area contributed by atoms with Gasteiger partial charge in [-0.15, -0.1) is 0 Å². The van der Waals surface area contributed by atoms with E-state index >= 15 is 4.39 Å². The molecule has 0 aliphatic heterocycles. The zero-order valence-electron chi connectivity index (χ0n) is 18.6. The molecule has 2 amide bonds. The van der Waals surface area contributed by atoms with Crippen LogP contribution in [0.4, 0.5) is 10.1 Å². The number of nitrogens with zero attached hydrogens (tertiary/aromatic N) is 1. The van der Waals surface area contributed by atoms with Gasteiger partial charge >= 0.3 is 0 Å². The van der Waals surface area contributed by atoms with Crippen LogP contribution < -0.4 is 15.4 Å². The topological polar surface area (TPSA) is 72.6 Å². The Hall–Kier alpha value is -1.65. The molecule has 8 heteroatoms. The van der Waals surface area contributed by atoms with Crippen LogP contribution in [-0.4, -0.2) is 30.4 Å². The monoisotopic (exact) mass is 470 g/mol. The molecule has 0 saturated carbocycles. The molecule has 172 valence electrons. The van der Waals surface area contributed by atoms with E-state index in [-0.39, 0.29) is 22.5 Å². The third-order valence-electron chi connectivity index (χ3n) is 5.37. The molecule has 0 saturated heterocycles. The number of amides is 2. The van der Waals surface area contributed by atoms with Gasteiger partial charge in [-0.2, -0.15) is 0 Å². The highest BCUT2D eigenvalue weighted by molar-refractivity contribution is 7.38. The summed E-state index contributed by atoms with van der Waals surface area (Å²) in [7, 11) is 0.595. The summed E-state index contributed by atoms with van der Waals surface area (Å²) >= 11 is 6.27. The smallest absolute Gasteiger partial charge is 0.254 e. The summed E-state index contributed by atoms with van der Waals surface area (Å²) in [5.74, 6) is -1.18. The van der Waals surface area contributed by atoms with Crippen molar-refractivity contribution in [2.75, 3.05) is 17.6 Å². The molecule has 0 fully saturated rings. The molecule has 5 nitrogen and oxygen atoms in total. The number of nitrogens with two attached hydrogens (primary N) is 1. The van der Waals surface area contributed by atoms with Gasteiger partial charge in [0.15, 0.2) is 0 Å². The highest BCUT2D eigenvalue weighted by Crippen LogP contribution is 2.37. The van der Waals surface area contributed by atoms with Crippen molar-refractivity contribution in [3.8, 4) is 5.75 Å². The summed E-state index contributed by atoms with van der Waals surface area (Å²) in [5, 5.41) is 0.179. The van der Waals surface area contributed by atoms with Crippen molar-refractivity contribution >= 4 is 37.7 Å². The lowest BCUT2D eigenvalue weighted by Gasteiger charge is -2.28. The first-order chi connectivity index (χ1) is 14.8. The third-order valence-corrected chi connectivity index (χ3v) is 7.05. The summed E-state index contributed by atoms with van der Waals surface area (Å²) in [6.07, 6.45) is 5.87. The molecule has 1 aliphatic rings. The summed E-state index contributed by atoms with van der Waals surface area (Å²) in [6, 6.07) is 2.71. The summed E-state index contributed by atoms with van der Waals surface area (Å²) in [4.78, 5) is 26.8. The number of primary amides is 1. The molecule has 1 aromatic rings. The maximum atomic E-state index is 15.0. The molecule has 31 heavy (non-hydrogen) atoms. The molecular formula is C23H33ClFN2O3P.